The van der Waals surface area contributed by atoms with E-state index in [9.17, 15) is 14.3 Å². The van der Waals surface area contributed by atoms with Crippen LogP contribution in [-0.4, -0.2) is 11.1 Å². The second kappa shape index (κ2) is 6.78. The van der Waals surface area contributed by atoms with Crippen LogP contribution in [0.1, 0.15) is 51.0 Å². The van der Waals surface area contributed by atoms with Gasteiger partial charge in [-0.3, -0.25) is 4.79 Å². The average molecular weight is 313 g/mol. The van der Waals surface area contributed by atoms with Crippen molar-refractivity contribution in [1.82, 2.24) is 0 Å². The van der Waals surface area contributed by atoms with Crippen LogP contribution >= 0.6 is 11.6 Å². The molecule has 0 saturated heterocycles. The van der Waals surface area contributed by atoms with Gasteiger partial charge >= 0.3 is 5.97 Å². The Balaban J connectivity index is 2.12. The fourth-order valence-corrected chi connectivity index (χ4v) is 3.55. The summed E-state index contributed by atoms with van der Waals surface area (Å²) in [6.45, 7) is 2.16. The molecule has 0 aliphatic heterocycles. The van der Waals surface area contributed by atoms with Gasteiger partial charge in [-0.25, -0.2) is 4.39 Å². The van der Waals surface area contributed by atoms with E-state index in [1.54, 1.807) is 6.07 Å². The number of carboxylic acid groups (broad SMARTS) is 1. The van der Waals surface area contributed by atoms with Crippen molar-refractivity contribution < 1.29 is 14.3 Å². The van der Waals surface area contributed by atoms with Crippen LogP contribution in [0.5, 0.6) is 0 Å². The van der Waals surface area contributed by atoms with Crippen LogP contribution in [0.2, 0.25) is 5.02 Å². The van der Waals surface area contributed by atoms with E-state index in [-0.39, 0.29) is 5.02 Å². The molecule has 1 aromatic carbocycles. The van der Waals surface area contributed by atoms with Crippen LogP contribution in [0.15, 0.2) is 18.2 Å². The van der Waals surface area contributed by atoms with Crippen molar-refractivity contribution in [2.45, 2.75) is 51.9 Å². The highest BCUT2D eigenvalue weighted by Crippen LogP contribution is 2.43. The molecule has 0 amide bonds. The van der Waals surface area contributed by atoms with E-state index in [2.05, 4.69) is 6.92 Å². The Morgan fingerprint density at radius 1 is 1.43 bits per heavy atom. The van der Waals surface area contributed by atoms with Crippen molar-refractivity contribution in [1.29, 1.82) is 0 Å². The molecule has 21 heavy (non-hydrogen) atoms. The molecule has 0 bridgehead atoms. The molecule has 0 unspecified atom stereocenters. The first-order chi connectivity index (χ1) is 9.97. The first-order valence-electron chi connectivity index (χ1n) is 7.64. The van der Waals surface area contributed by atoms with Crippen molar-refractivity contribution in [3.8, 4) is 0 Å². The molecule has 4 heteroatoms. The molecule has 2 nitrogen and oxygen atoms in total. The highest BCUT2D eigenvalue weighted by molar-refractivity contribution is 6.30. The number of aliphatic carboxylic acids is 1. The highest BCUT2D eigenvalue weighted by Gasteiger charge is 2.41. The molecule has 0 aromatic heterocycles. The number of hydrogen-bond donors (Lipinski definition) is 1. The van der Waals surface area contributed by atoms with Crippen LogP contribution in [0.25, 0.3) is 0 Å². The topological polar surface area (TPSA) is 37.3 Å². The Labute approximate surface area is 130 Å². The monoisotopic (exact) mass is 312 g/mol. The first-order valence-corrected chi connectivity index (χ1v) is 8.02. The van der Waals surface area contributed by atoms with Gasteiger partial charge in [-0.15, -0.1) is 0 Å². The summed E-state index contributed by atoms with van der Waals surface area (Å²) in [5.41, 5.74) is -0.0296. The molecule has 1 saturated carbocycles. The van der Waals surface area contributed by atoms with Gasteiger partial charge in [0.15, 0.2) is 0 Å². The minimum atomic E-state index is -0.757. The molecule has 1 aliphatic carbocycles. The van der Waals surface area contributed by atoms with Gasteiger partial charge in [-0.2, -0.15) is 0 Å². The second-order valence-corrected chi connectivity index (χ2v) is 6.65. The van der Waals surface area contributed by atoms with Gasteiger partial charge in [0.05, 0.1) is 10.4 Å². The third-order valence-corrected chi connectivity index (χ3v) is 5.05. The highest BCUT2D eigenvalue weighted by atomic mass is 35.5. The van der Waals surface area contributed by atoms with Crippen molar-refractivity contribution in [2.24, 2.45) is 11.3 Å². The van der Waals surface area contributed by atoms with E-state index >= 15 is 0 Å². The lowest BCUT2D eigenvalue weighted by Gasteiger charge is -2.37. The minimum Gasteiger partial charge on any atom is -0.481 e. The van der Waals surface area contributed by atoms with Crippen molar-refractivity contribution >= 4 is 17.6 Å². The van der Waals surface area contributed by atoms with Crippen LogP contribution < -0.4 is 0 Å². The molecular formula is C17H22ClFO2. The SMILES string of the molecule is CCCC1CCC(Cc2ccc(Cl)c(F)c2)(C(=O)O)CC1. The number of benzene rings is 1. The maximum atomic E-state index is 13.5. The summed E-state index contributed by atoms with van der Waals surface area (Å²) < 4.78 is 13.5. The number of rotatable bonds is 5. The van der Waals surface area contributed by atoms with Gasteiger partial charge in [-0.05, 0) is 55.7 Å². The zero-order valence-electron chi connectivity index (χ0n) is 12.4. The summed E-state index contributed by atoms with van der Waals surface area (Å²) in [5, 5.41) is 9.75. The zero-order chi connectivity index (χ0) is 15.5. The van der Waals surface area contributed by atoms with Gasteiger partial charge in [0.2, 0.25) is 0 Å². The van der Waals surface area contributed by atoms with Gasteiger partial charge < -0.3 is 5.11 Å². The van der Waals surface area contributed by atoms with Crippen molar-refractivity contribution in [3.05, 3.63) is 34.6 Å². The molecule has 2 rings (SSSR count). The zero-order valence-corrected chi connectivity index (χ0v) is 13.1. The Bertz CT molecular complexity index is 508. The van der Waals surface area contributed by atoms with Crippen LogP contribution in [0.3, 0.4) is 0 Å². The van der Waals surface area contributed by atoms with E-state index in [1.807, 2.05) is 0 Å². The van der Waals surface area contributed by atoms with Crippen LogP contribution in [0, 0.1) is 17.2 Å². The number of halogens is 2. The Morgan fingerprint density at radius 2 is 2.10 bits per heavy atom. The van der Waals surface area contributed by atoms with E-state index in [4.69, 9.17) is 11.6 Å². The predicted octanol–water partition coefficient (Wildman–Crippen LogP) is 5.08. The lowest BCUT2D eigenvalue weighted by molar-refractivity contribution is -0.151. The smallest absolute Gasteiger partial charge is 0.309 e. The molecule has 1 N–H and O–H groups in total. The third-order valence-electron chi connectivity index (χ3n) is 4.74. The summed E-state index contributed by atoms with van der Waals surface area (Å²) in [6.07, 6.45) is 5.97. The Kier molecular flexibility index (Phi) is 5.26. The molecular weight excluding hydrogens is 291 g/mol. The predicted molar refractivity (Wildman–Crippen MR) is 82.0 cm³/mol. The molecule has 1 aromatic rings. The van der Waals surface area contributed by atoms with E-state index < -0.39 is 17.2 Å². The van der Waals surface area contributed by atoms with Crippen LogP contribution in [-0.2, 0) is 11.2 Å². The van der Waals surface area contributed by atoms with E-state index in [0.29, 0.717) is 30.7 Å². The molecule has 0 radical (unpaired) electrons. The van der Waals surface area contributed by atoms with E-state index in [1.165, 1.54) is 18.6 Å². The van der Waals surface area contributed by atoms with Crippen LogP contribution in [0.4, 0.5) is 4.39 Å². The summed E-state index contributed by atoms with van der Waals surface area (Å²) >= 11 is 5.68. The molecule has 1 aliphatic rings. The molecule has 0 heterocycles. The lowest BCUT2D eigenvalue weighted by Crippen LogP contribution is -2.37. The van der Waals surface area contributed by atoms with Gasteiger partial charge in [0.1, 0.15) is 5.82 Å². The first kappa shape index (κ1) is 16.3. The van der Waals surface area contributed by atoms with Gasteiger partial charge in [0.25, 0.3) is 0 Å². The van der Waals surface area contributed by atoms with Gasteiger partial charge in [0, 0.05) is 0 Å². The summed E-state index contributed by atoms with van der Waals surface area (Å²) in [7, 11) is 0. The molecule has 0 atom stereocenters. The second-order valence-electron chi connectivity index (χ2n) is 6.24. The fraction of sp³-hybridized carbons (Fsp3) is 0.588. The quantitative estimate of drug-likeness (QED) is 0.823. The average Bonchev–Trinajstić information content (AvgIpc) is 2.45. The normalized spacial score (nSPS) is 25.8. The number of hydrogen-bond acceptors (Lipinski definition) is 1. The Hall–Kier alpha value is -1.09. The van der Waals surface area contributed by atoms with E-state index in [0.717, 1.165) is 19.3 Å². The molecule has 1 fully saturated rings. The third kappa shape index (κ3) is 3.76. The maximum absolute atomic E-state index is 13.5. The molecule has 0 spiro atoms. The number of carboxylic acids is 1. The maximum Gasteiger partial charge on any atom is 0.309 e. The standard InChI is InChI=1S/C17H22ClFO2/c1-2-3-12-6-8-17(9-7-12,16(20)21)11-13-4-5-14(18)15(19)10-13/h4-5,10,12H,2-3,6-9,11H2,1H3,(H,20,21). The minimum absolute atomic E-state index is 0.0785. The summed E-state index contributed by atoms with van der Waals surface area (Å²) in [4.78, 5) is 11.8. The van der Waals surface area contributed by atoms with Gasteiger partial charge in [-0.1, -0.05) is 37.4 Å². The fourth-order valence-electron chi connectivity index (χ4n) is 3.43. The Morgan fingerprint density at radius 3 is 2.62 bits per heavy atom. The molecule has 116 valence electrons. The van der Waals surface area contributed by atoms with Crippen molar-refractivity contribution in [2.75, 3.05) is 0 Å². The lowest BCUT2D eigenvalue weighted by atomic mass is 9.67. The largest absolute Gasteiger partial charge is 0.481 e. The summed E-state index contributed by atoms with van der Waals surface area (Å²) in [6, 6.07) is 4.60. The van der Waals surface area contributed by atoms with Crippen molar-refractivity contribution in [3.63, 3.8) is 0 Å². The summed E-state index contributed by atoms with van der Waals surface area (Å²) in [5.74, 6) is -0.591. The number of carbonyl (C=O) groups is 1.